The number of ether oxygens (including phenoxy) is 2. The first-order valence-corrected chi connectivity index (χ1v) is 4.59. The molecule has 0 saturated carbocycles. The van der Waals surface area contributed by atoms with Crippen molar-refractivity contribution in [2.24, 2.45) is 0 Å². The monoisotopic (exact) mass is 230 g/mol. The number of aliphatic carboxylic acids is 1. The Hall–Kier alpha value is -1.42. The highest BCUT2D eigenvalue weighted by Gasteiger charge is 2.16. The van der Waals surface area contributed by atoms with Crippen molar-refractivity contribution in [3.8, 4) is 11.5 Å². The first-order chi connectivity index (χ1) is 7.10. The molecule has 0 radical (unpaired) electrons. The number of hydrogen-bond donors (Lipinski definition) is 1. The molecule has 0 spiro atoms. The maximum atomic E-state index is 10.7. The molecule has 0 bridgehead atoms. The van der Waals surface area contributed by atoms with E-state index in [1.165, 1.54) is 14.2 Å². The van der Waals surface area contributed by atoms with E-state index >= 15 is 0 Å². The van der Waals surface area contributed by atoms with Gasteiger partial charge in [0.25, 0.3) is 0 Å². The third-order valence-electron chi connectivity index (χ3n) is 1.92. The molecule has 82 valence electrons. The van der Waals surface area contributed by atoms with Crippen molar-refractivity contribution in [3.05, 3.63) is 22.7 Å². The number of carboxylic acids is 1. The smallest absolute Gasteiger partial charge is 0.308 e. The first kappa shape index (κ1) is 11.7. The van der Waals surface area contributed by atoms with Crippen LogP contribution < -0.4 is 9.47 Å². The van der Waals surface area contributed by atoms with E-state index in [0.29, 0.717) is 22.1 Å². The van der Waals surface area contributed by atoms with Gasteiger partial charge < -0.3 is 14.6 Å². The third kappa shape index (κ3) is 2.53. The largest absolute Gasteiger partial charge is 0.496 e. The zero-order valence-electron chi connectivity index (χ0n) is 8.41. The lowest BCUT2D eigenvalue weighted by molar-refractivity contribution is -0.136. The minimum absolute atomic E-state index is 0.188. The Bertz CT molecular complexity index is 376. The number of methoxy groups -OCH3 is 2. The van der Waals surface area contributed by atoms with E-state index in [-0.39, 0.29) is 6.42 Å². The van der Waals surface area contributed by atoms with Crippen molar-refractivity contribution >= 4 is 17.6 Å². The van der Waals surface area contributed by atoms with E-state index in [1.807, 2.05) is 0 Å². The summed E-state index contributed by atoms with van der Waals surface area (Å²) in [6.07, 6.45) is -0.188. The Morgan fingerprint density at radius 2 is 2.07 bits per heavy atom. The summed E-state index contributed by atoms with van der Waals surface area (Å²) >= 11 is 5.87. The molecular formula is C10H11ClO4. The second-order valence-electron chi connectivity index (χ2n) is 2.83. The highest BCUT2D eigenvalue weighted by molar-refractivity contribution is 6.32. The van der Waals surface area contributed by atoms with Gasteiger partial charge in [0.1, 0.15) is 11.5 Å². The van der Waals surface area contributed by atoms with E-state index in [0.717, 1.165) is 0 Å². The molecule has 1 aromatic carbocycles. The van der Waals surface area contributed by atoms with Gasteiger partial charge in [-0.05, 0) is 12.1 Å². The van der Waals surface area contributed by atoms with Gasteiger partial charge in [-0.15, -0.1) is 0 Å². The average Bonchev–Trinajstić information content (AvgIpc) is 2.18. The molecule has 5 heteroatoms. The average molecular weight is 231 g/mol. The molecule has 0 aliphatic carbocycles. The van der Waals surface area contributed by atoms with E-state index in [4.69, 9.17) is 26.2 Å². The molecule has 0 saturated heterocycles. The van der Waals surface area contributed by atoms with Crippen molar-refractivity contribution in [1.29, 1.82) is 0 Å². The van der Waals surface area contributed by atoms with Crippen LogP contribution in [0.3, 0.4) is 0 Å². The number of carboxylic acid groups (broad SMARTS) is 1. The van der Waals surface area contributed by atoms with E-state index < -0.39 is 5.97 Å². The Morgan fingerprint density at radius 3 is 2.53 bits per heavy atom. The number of hydrogen-bond acceptors (Lipinski definition) is 3. The quantitative estimate of drug-likeness (QED) is 0.860. The molecule has 0 unspecified atom stereocenters. The van der Waals surface area contributed by atoms with Crippen molar-refractivity contribution in [2.45, 2.75) is 6.42 Å². The van der Waals surface area contributed by atoms with E-state index in [9.17, 15) is 4.79 Å². The number of benzene rings is 1. The van der Waals surface area contributed by atoms with Crippen LogP contribution in [0.2, 0.25) is 5.02 Å². The predicted molar refractivity (Wildman–Crippen MR) is 55.9 cm³/mol. The lowest BCUT2D eigenvalue weighted by atomic mass is 10.1. The topological polar surface area (TPSA) is 55.8 Å². The molecule has 15 heavy (non-hydrogen) atoms. The van der Waals surface area contributed by atoms with Crippen LogP contribution >= 0.6 is 11.6 Å². The third-order valence-corrected chi connectivity index (χ3v) is 2.22. The van der Waals surface area contributed by atoms with Crippen LogP contribution in [0.1, 0.15) is 5.56 Å². The van der Waals surface area contributed by atoms with Gasteiger partial charge in [-0.2, -0.15) is 0 Å². The van der Waals surface area contributed by atoms with Gasteiger partial charge in [0.2, 0.25) is 0 Å². The standard InChI is InChI=1S/C10H11ClO4/c1-14-8-4-3-7(11)10(15-2)6(8)5-9(12)13/h3-4H,5H2,1-2H3,(H,12,13). The minimum atomic E-state index is -0.964. The summed E-state index contributed by atoms with van der Waals surface area (Å²) in [5, 5.41) is 9.11. The van der Waals surface area contributed by atoms with Crippen LogP contribution in [0.5, 0.6) is 11.5 Å². The molecule has 1 aromatic rings. The highest BCUT2D eigenvalue weighted by Crippen LogP contribution is 2.35. The fourth-order valence-corrected chi connectivity index (χ4v) is 1.57. The fourth-order valence-electron chi connectivity index (χ4n) is 1.31. The number of rotatable bonds is 4. The summed E-state index contributed by atoms with van der Waals surface area (Å²) in [6, 6.07) is 3.22. The van der Waals surface area contributed by atoms with Crippen LogP contribution in [-0.2, 0) is 11.2 Å². The molecule has 1 rings (SSSR count). The van der Waals surface area contributed by atoms with Crippen LogP contribution in [0.4, 0.5) is 0 Å². The van der Waals surface area contributed by atoms with Crippen molar-refractivity contribution < 1.29 is 19.4 Å². The number of halogens is 1. The first-order valence-electron chi connectivity index (χ1n) is 4.21. The fraction of sp³-hybridized carbons (Fsp3) is 0.300. The second-order valence-corrected chi connectivity index (χ2v) is 3.24. The predicted octanol–water partition coefficient (Wildman–Crippen LogP) is 1.98. The van der Waals surface area contributed by atoms with Crippen molar-refractivity contribution in [1.82, 2.24) is 0 Å². The minimum Gasteiger partial charge on any atom is -0.496 e. The Morgan fingerprint density at radius 1 is 1.40 bits per heavy atom. The maximum Gasteiger partial charge on any atom is 0.308 e. The Kier molecular flexibility index (Phi) is 3.80. The van der Waals surface area contributed by atoms with Crippen LogP contribution in [0.25, 0.3) is 0 Å². The Labute approximate surface area is 92.4 Å². The van der Waals surface area contributed by atoms with E-state index in [1.54, 1.807) is 12.1 Å². The van der Waals surface area contributed by atoms with Gasteiger partial charge in [-0.3, -0.25) is 4.79 Å². The molecule has 0 heterocycles. The molecule has 0 aliphatic heterocycles. The van der Waals surface area contributed by atoms with Gasteiger partial charge in [0.15, 0.2) is 0 Å². The molecule has 1 N–H and O–H groups in total. The summed E-state index contributed by atoms with van der Waals surface area (Å²) in [5.74, 6) is -0.161. The molecule has 0 aliphatic rings. The second kappa shape index (κ2) is 4.89. The molecule has 0 fully saturated rings. The molecule has 0 aromatic heterocycles. The summed E-state index contributed by atoms with van der Waals surface area (Å²) in [6.45, 7) is 0. The van der Waals surface area contributed by atoms with Crippen molar-refractivity contribution in [2.75, 3.05) is 14.2 Å². The summed E-state index contributed by atoms with van der Waals surface area (Å²) in [4.78, 5) is 10.7. The molecule has 0 amide bonds. The van der Waals surface area contributed by atoms with Gasteiger partial charge in [0.05, 0.1) is 25.7 Å². The lowest BCUT2D eigenvalue weighted by Gasteiger charge is -2.12. The number of carbonyl (C=O) groups is 1. The lowest BCUT2D eigenvalue weighted by Crippen LogP contribution is -2.05. The molecule has 0 atom stereocenters. The van der Waals surface area contributed by atoms with Crippen molar-refractivity contribution in [3.63, 3.8) is 0 Å². The van der Waals surface area contributed by atoms with Gasteiger partial charge in [0, 0.05) is 5.56 Å². The highest BCUT2D eigenvalue weighted by atomic mass is 35.5. The molecule has 4 nitrogen and oxygen atoms in total. The zero-order valence-corrected chi connectivity index (χ0v) is 9.17. The summed E-state index contributed by atoms with van der Waals surface area (Å²) in [5.41, 5.74) is 0.444. The molecular weight excluding hydrogens is 220 g/mol. The van der Waals surface area contributed by atoms with Gasteiger partial charge >= 0.3 is 5.97 Å². The maximum absolute atomic E-state index is 10.7. The SMILES string of the molecule is COc1ccc(Cl)c(OC)c1CC(=O)O. The van der Waals surface area contributed by atoms with Crippen LogP contribution in [0, 0.1) is 0 Å². The Balaban J connectivity index is 3.26. The van der Waals surface area contributed by atoms with Gasteiger partial charge in [-0.25, -0.2) is 0 Å². The van der Waals surface area contributed by atoms with Crippen LogP contribution in [-0.4, -0.2) is 25.3 Å². The van der Waals surface area contributed by atoms with E-state index in [2.05, 4.69) is 0 Å². The summed E-state index contributed by atoms with van der Waals surface area (Å²) in [7, 11) is 2.90. The zero-order chi connectivity index (χ0) is 11.4. The summed E-state index contributed by atoms with van der Waals surface area (Å²) < 4.78 is 10.1. The normalized spacial score (nSPS) is 9.80. The van der Waals surface area contributed by atoms with Crippen LogP contribution in [0.15, 0.2) is 12.1 Å². The van der Waals surface area contributed by atoms with Gasteiger partial charge in [-0.1, -0.05) is 11.6 Å².